The van der Waals surface area contributed by atoms with Crippen molar-refractivity contribution in [2.24, 2.45) is 41.5 Å². The highest BCUT2D eigenvalue weighted by molar-refractivity contribution is 5.54. The van der Waals surface area contributed by atoms with Crippen molar-refractivity contribution in [2.75, 3.05) is 0 Å². The number of aryl methyl sites for hydroxylation is 1. The normalized spacial score (nSPS) is 48.1. The molecule has 4 aliphatic carbocycles. The number of nitrogens with zero attached hydrogens (tertiary/aromatic N) is 2. The second-order valence-electron chi connectivity index (χ2n) is 10.7. The topological polar surface area (TPSA) is 38.0 Å². The maximum atomic E-state index is 11.3. The first-order chi connectivity index (χ1) is 12.9. The molecule has 1 aromatic rings. The molecule has 0 saturated heterocycles. The third-order valence-corrected chi connectivity index (χ3v) is 9.53. The number of hydrogen-bond donors (Lipinski definition) is 1. The van der Waals surface area contributed by atoms with Crippen molar-refractivity contribution in [3.63, 3.8) is 0 Å². The van der Waals surface area contributed by atoms with E-state index in [9.17, 15) is 5.11 Å². The molecule has 0 amide bonds. The molecule has 4 fully saturated rings. The van der Waals surface area contributed by atoms with E-state index in [1.54, 1.807) is 0 Å². The summed E-state index contributed by atoms with van der Waals surface area (Å²) in [6.45, 7) is 5.02. The van der Waals surface area contributed by atoms with Gasteiger partial charge in [-0.3, -0.25) is 4.68 Å². The Balaban J connectivity index is 1.45. The standard InChI is InChI=1S/C24H36N2O/c1-23-10-5-4-6-18(23)7-8-19-20(23)9-11-24(2)21(19)13-17(22(24)27)12-16-14-25-26(3)15-16/h12,14-15,18-22,27H,4-11,13H2,1-3H3/b17-12+. The van der Waals surface area contributed by atoms with Crippen molar-refractivity contribution in [2.45, 2.75) is 77.7 Å². The molecule has 3 nitrogen and oxygen atoms in total. The molecular weight excluding hydrogens is 332 g/mol. The lowest BCUT2D eigenvalue weighted by molar-refractivity contribution is -0.119. The molecule has 0 spiro atoms. The Hall–Kier alpha value is -1.09. The van der Waals surface area contributed by atoms with Crippen LogP contribution >= 0.6 is 0 Å². The van der Waals surface area contributed by atoms with Crippen LogP contribution in [-0.2, 0) is 7.05 Å². The van der Waals surface area contributed by atoms with Crippen LogP contribution < -0.4 is 0 Å². The number of aliphatic hydroxyl groups excluding tert-OH is 1. The fourth-order valence-electron chi connectivity index (χ4n) is 8.02. The summed E-state index contributed by atoms with van der Waals surface area (Å²) >= 11 is 0. The van der Waals surface area contributed by atoms with Gasteiger partial charge in [0.15, 0.2) is 0 Å². The van der Waals surface area contributed by atoms with Crippen LogP contribution in [0, 0.1) is 34.5 Å². The van der Waals surface area contributed by atoms with Crippen LogP contribution in [0.15, 0.2) is 18.0 Å². The van der Waals surface area contributed by atoms with Gasteiger partial charge in [0, 0.05) is 24.2 Å². The van der Waals surface area contributed by atoms with E-state index < -0.39 is 0 Å². The lowest BCUT2D eigenvalue weighted by Gasteiger charge is -2.60. The van der Waals surface area contributed by atoms with E-state index in [4.69, 9.17) is 0 Å². The molecule has 5 rings (SSSR count). The highest BCUT2D eigenvalue weighted by Gasteiger charge is 2.60. The molecule has 1 aromatic heterocycles. The first-order valence-electron chi connectivity index (χ1n) is 11.3. The van der Waals surface area contributed by atoms with Gasteiger partial charge in [-0.05, 0) is 79.6 Å². The lowest BCUT2D eigenvalue weighted by atomic mass is 9.45. The predicted molar refractivity (Wildman–Crippen MR) is 109 cm³/mol. The minimum Gasteiger partial charge on any atom is -0.388 e. The molecule has 3 heteroatoms. The molecule has 4 saturated carbocycles. The summed E-state index contributed by atoms with van der Waals surface area (Å²) in [6.07, 6.45) is 18.2. The highest BCUT2D eigenvalue weighted by atomic mass is 16.3. The maximum absolute atomic E-state index is 11.3. The molecule has 1 N–H and O–H groups in total. The molecule has 0 radical (unpaired) electrons. The third kappa shape index (κ3) is 2.60. The fourth-order valence-corrected chi connectivity index (χ4v) is 8.02. The molecule has 148 valence electrons. The Morgan fingerprint density at radius 3 is 2.70 bits per heavy atom. The largest absolute Gasteiger partial charge is 0.388 e. The van der Waals surface area contributed by atoms with Gasteiger partial charge in [0.05, 0.1) is 12.3 Å². The molecule has 7 atom stereocenters. The van der Waals surface area contributed by atoms with Gasteiger partial charge in [-0.1, -0.05) is 32.8 Å². The van der Waals surface area contributed by atoms with Gasteiger partial charge < -0.3 is 5.11 Å². The zero-order valence-corrected chi connectivity index (χ0v) is 17.3. The summed E-state index contributed by atoms with van der Waals surface area (Å²) in [4.78, 5) is 0. The maximum Gasteiger partial charge on any atom is 0.0809 e. The molecule has 4 aliphatic rings. The SMILES string of the molecule is Cn1cc(/C=C2\CC3C4CCC5CCCCC5(C)C4CCC3(C)C2O)cn1. The molecule has 0 bridgehead atoms. The Bertz CT molecular complexity index is 751. The summed E-state index contributed by atoms with van der Waals surface area (Å²) in [5.74, 6) is 3.33. The quantitative estimate of drug-likeness (QED) is 0.739. The second-order valence-corrected chi connectivity index (χ2v) is 10.7. The molecule has 27 heavy (non-hydrogen) atoms. The summed E-state index contributed by atoms with van der Waals surface area (Å²) in [7, 11) is 1.96. The van der Waals surface area contributed by atoms with E-state index in [0.29, 0.717) is 11.3 Å². The number of rotatable bonds is 1. The van der Waals surface area contributed by atoms with E-state index in [1.165, 1.54) is 56.9 Å². The summed E-state index contributed by atoms with van der Waals surface area (Å²) in [5.41, 5.74) is 3.04. The zero-order chi connectivity index (χ0) is 18.8. The van der Waals surface area contributed by atoms with E-state index >= 15 is 0 Å². The average Bonchev–Trinajstić information content (AvgIpc) is 3.16. The van der Waals surface area contributed by atoms with E-state index in [1.807, 2.05) is 17.9 Å². The van der Waals surface area contributed by atoms with Gasteiger partial charge in [0.2, 0.25) is 0 Å². The smallest absolute Gasteiger partial charge is 0.0809 e. The van der Waals surface area contributed by atoms with Crippen LogP contribution in [-0.4, -0.2) is 21.0 Å². The van der Waals surface area contributed by atoms with Crippen LogP contribution in [0.25, 0.3) is 6.08 Å². The highest BCUT2D eigenvalue weighted by Crippen LogP contribution is 2.66. The summed E-state index contributed by atoms with van der Waals surface area (Å²) < 4.78 is 1.85. The van der Waals surface area contributed by atoms with Crippen molar-refractivity contribution in [1.29, 1.82) is 0 Å². The van der Waals surface area contributed by atoms with Gasteiger partial charge in [-0.25, -0.2) is 0 Å². The minimum atomic E-state index is -0.277. The number of aromatic nitrogens is 2. The summed E-state index contributed by atoms with van der Waals surface area (Å²) in [6, 6.07) is 0. The first-order valence-corrected chi connectivity index (χ1v) is 11.3. The van der Waals surface area contributed by atoms with E-state index in [-0.39, 0.29) is 11.5 Å². The van der Waals surface area contributed by atoms with Crippen LogP contribution in [0.3, 0.4) is 0 Å². The number of fused-ring (bicyclic) bond motifs is 5. The Morgan fingerprint density at radius 2 is 1.93 bits per heavy atom. The van der Waals surface area contributed by atoms with Crippen molar-refractivity contribution in [3.8, 4) is 0 Å². The fraction of sp³-hybridized carbons (Fsp3) is 0.792. The average molecular weight is 369 g/mol. The van der Waals surface area contributed by atoms with Gasteiger partial charge in [-0.15, -0.1) is 0 Å². The van der Waals surface area contributed by atoms with Crippen LogP contribution in [0.4, 0.5) is 0 Å². The lowest BCUT2D eigenvalue weighted by Crippen LogP contribution is -2.53. The van der Waals surface area contributed by atoms with E-state index in [0.717, 1.165) is 29.7 Å². The third-order valence-electron chi connectivity index (χ3n) is 9.53. The molecule has 1 heterocycles. The minimum absolute atomic E-state index is 0.0765. The zero-order valence-electron chi connectivity index (χ0n) is 17.3. The Labute approximate surface area is 164 Å². The number of hydrogen-bond acceptors (Lipinski definition) is 2. The molecule has 0 aliphatic heterocycles. The molecular formula is C24H36N2O. The van der Waals surface area contributed by atoms with Crippen LogP contribution in [0.2, 0.25) is 0 Å². The van der Waals surface area contributed by atoms with Gasteiger partial charge in [-0.2, -0.15) is 5.10 Å². The van der Waals surface area contributed by atoms with E-state index in [2.05, 4.69) is 31.2 Å². The van der Waals surface area contributed by atoms with Crippen molar-refractivity contribution in [1.82, 2.24) is 9.78 Å². The summed E-state index contributed by atoms with van der Waals surface area (Å²) in [5, 5.41) is 15.6. The van der Waals surface area contributed by atoms with Crippen molar-refractivity contribution < 1.29 is 5.11 Å². The van der Waals surface area contributed by atoms with Crippen molar-refractivity contribution in [3.05, 3.63) is 23.5 Å². The number of aliphatic hydroxyl groups is 1. The Kier molecular flexibility index (Phi) is 4.13. The van der Waals surface area contributed by atoms with Gasteiger partial charge in [0.25, 0.3) is 0 Å². The van der Waals surface area contributed by atoms with Gasteiger partial charge >= 0.3 is 0 Å². The van der Waals surface area contributed by atoms with Crippen molar-refractivity contribution >= 4 is 6.08 Å². The van der Waals surface area contributed by atoms with Crippen LogP contribution in [0.1, 0.15) is 77.2 Å². The predicted octanol–water partition coefficient (Wildman–Crippen LogP) is 5.21. The monoisotopic (exact) mass is 368 g/mol. The first kappa shape index (κ1) is 18.0. The molecule has 7 unspecified atom stereocenters. The molecule has 0 aromatic carbocycles. The second kappa shape index (κ2) is 6.20. The Morgan fingerprint density at radius 1 is 1.07 bits per heavy atom. The van der Waals surface area contributed by atoms with Gasteiger partial charge in [0.1, 0.15) is 0 Å². The van der Waals surface area contributed by atoms with Crippen LogP contribution in [0.5, 0.6) is 0 Å².